The van der Waals surface area contributed by atoms with E-state index in [1.54, 1.807) is 11.1 Å². The molecule has 1 heterocycles. The van der Waals surface area contributed by atoms with Crippen molar-refractivity contribution in [1.29, 1.82) is 0 Å². The van der Waals surface area contributed by atoms with Gasteiger partial charge in [-0.2, -0.15) is 0 Å². The number of nitrogens with zero attached hydrogens (tertiary/aromatic N) is 1. The minimum atomic E-state index is -0.636. The van der Waals surface area contributed by atoms with Crippen LogP contribution in [0.3, 0.4) is 0 Å². The van der Waals surface area contributed by atoms with Crippen LogP contribution in [0.4, 0.5) is 0 Å². The van der Waals surface area contributed by atoms with Crippen molar-refractivity contribution < 1.29 is 32.9 Å². The average Bonchev–Trinajstić information content (AvgIpc) is 2.63. The Hall–Kier alpha value is 0.0869. The van der Waals surface area contributed by atoms with Crippen LogP contribution in [0.1, 0.15) is 75.8 Å². The van der Waals surface area contributed by atoms with Gasteiger partial charge in [-0.3, -0.25) is 0 Å². The topological polar surface area (TPSA) is 9.23 Å². The summed E-state index contributed by atoms with van der Waals surface area (Å²) in [4.78, 5) is 0. The molecule has 1 aliphatic rings. The molecular weight excluding hydrogens is 473 g/mol. The molecule has 4 heteroatoms. The number of hydrogen-bond donors (Lipinski definition) is 0. The molecule has 0 N–H and O–H groups in total. The van der Waals surface area contributed by atoms with Crippen LogP contribution in [0, 0.1) is 0 Å². The van der Waals surface area contributed by atoms with Gasteiger partial charge >= 0.3 is 0 Å². The molecule has 2 atom stereocenters. The Morgan fingerprint density at radius 2 is 1.57 bits per heavy atom. The summed E-state index contributed by atoms with van der Waals surface area (Å²) in [5.41, 5.74) is 3.11. The maximum atomic E-state index is 6.45. The van der Waals surface area contributed by atoms with Crippen LogP contribution < -0.4 is 24.0 Å². The summed E-state index contributed by atoms with van der Waals surface area (Å²) in [6.07, 6.45) is 14.1. The van der Waals surface area contributed by atoms with Crippen LogP contribution in [0.25, 0.3) is 0 Å². The normalized spacial score (nSPS) is 19.9. The summed E-state index contributed by atoms with van der Waals surface area (Å²) >= 11 is 0. The third-order valence-corrected chi connectivity index (χ3v) is 6.82. The van der Waals surface area contributed by atoms with E-state index in [2.05, 4.69) is 51.3 Å². The molecule has 2 nitrogen and oxygen atoms in total. The predicted molar refractivity (Wildman–Crippen MR) is 119 cm³/mol. The number of benzene rings is 1. The zero-order valence-corrected chi connectivity index (χ0v) is 22.0. The fourth-order valence-corrected chi connectivity index (χ4v) is 5.37. The Labute approximate surface area is 193 Å². The molecule has 1 aromatic rings. The first-order valence-electron chi connectivity index (χ1n) is 11.4. The van der Waals surface area contributed by atoms with Crippen molar-refractivity contribution in [2.45, 2.75) is 96.9 Å². The van der Waals surface area contributed by atoms with Crippen molar-refractivity contribution in [1.82, 2.24) is 0 Å². The quantitative estimate of drug-likeness (QED) is 0.169. The van der Waals surface area contributed by atoms with E-state index in [0.29, 0.717) is 6.10 Å². The van der Waals surface area contributed by atoms with Gasteiger partial charge in [0.1, 0.15) is 13.1 Å². The molecule has 161 valence electrons. The molecule has 2 rings (SSSR count). The highest BCUT2D eigenvalue weighted by atomic mass is 127. The van der Waals surface area contributed by atoms with E-state index in [1.165, 1.54) is 83.8 Å². The van der Waals surface area contributed by atoms with Gasteiger partial charge in [-0.25, -0.2) is 0 Å². The fourth-order valence-electron chi connectivity index (χ4n) is 4.51. The lowest BCUT2D eigenvalue weighted by molar-refractivity contribution is -0.927. The Balaban J connectivity index is 0.00000392. The van der Waals surface area contributed by atoms with Gasteiger partial charge in [-0.05, 0) is 25.1 Å². The van der Waals surface area contributed by atoms with E-state index in [4.69, 9.17) is 4.43 Å². The summed E-state index contributed by atoms with van der Waals surface area (Å²) in [6.45, 7) is 10.5. The van der Waals surface area contributed by atoms with Gasteiger partial charge in [0, 0.05) is 12.0 Å². The molecule has 28 heavy (non-hydrogen) atoms. The Kier molecular flexibility index (Phi) is 13.2. The summed E-state index contributed by atoms with van der Waals surface area (Å²) in [6, 6.07) is 9.02. The van der Waals surface area contributed by atoms with E-state index < -0.39 is 9.04 Å². The highest BCUT2D eigenvalue weighted by molar-refractivity contribution is 6.48. The highest BCUT2D eigenvalue weighted by Gasteiger charge is 2.31. The smallest absolute Gasteiger partial charge is 0.205 e. The third-order valence-electron chi connectivity index (χ3n) is 6.02. The fraction of sp³-hybridized carbons (Fsp3) is 0.750. The van der Waals surface area contributed by atoms with Crippen LogP contribution in [-0.4, -0.2) is 39.8 Å². The number of hydrogen-bond acceptors (Lipinski definition) is 1. The standard InChI is InChI=1S/C24H43NOSi.HI/c1-5-6-7-8-9-10-11-12-17-24(26-27(3)4)21-25(2)19-18-22-15-13-14-16-23(22)20-25;/h13-16,24H,5-12,17-21H2,1-4H3;1H/q+1;/p-1. The zero-order valence-electron chi connectivity index (χ0n) is 18.8. The summed E-state index contributed by atoms with van der Waals surface area (Å²) in [7, 11) is 1.81. The van der Waals surface area contributed by atoms with E-state index in [1.807, 2.05) is 0 Å². The van der Waals surface area contributed by atoms with Crippen molar-refractivity contribution in [2.24, 2.45) is 0 Å². The number of rotatable bonds is 13. The van der Waals surface area contributed by atoms with E-state index >= 15 is 0 Å². The largest absolute Gasteiger partial charge is 1.00 e. The molecule has 0 bridgehead atoms. The van der Waals surface area contributed by atoms with E-state index in [9.17, 15) is 0 Å². The molecule has 1 radical (unpaired) electrons. The summed E-state index contributed by atoms with van der Waals surface area (Å²) in [5, 5.41) is 0. The SMILES string of the molecule is CCCCCCCCCCC(C[N+]1(C)CCc2ccccc2C1)O[Si](C)C.[I-]. The molecular formula is C24H43INOSi. The number of halogens is 1. The molecule has 0 fully saturated rings. The second-order valence-corrected chi connectivity index (χ2v) is 11.2. The van der Waals surface area contributed by atoms with Crippen LogP contribution >= 0.6 is 0 Å². The van der Waals surface area contributed by atoms with Crippen molar-refractivity contribution in [3.05, 3.63) is 35.4 Å². The first-order chi connectivity index (χ1) is 13.0. The second kappa shape index (κ2) is 14.2. The van der Waals surface area contributed by atoms with Gasteiger partial charge < -0.3 is 32.9 Å². The molecule has 0 saturated carbocycles. The monoisotopic (exact) mass is 516 g/mol. The average molecular weight is 517 g/mol. The second-order valence-electron chi connectivity index (χ2n) is 9.11. The van der Waals surface area contributed by atoms with Gasteiger partial charge in [0.05, 0.1) is 19.7 Å². The minimum Gasteiger partial charge on any atom is -1.00 e. The lowest BCUT2D eigenvalue weighted by Gasteiger charge is -2.41. The lowest BCUT2D eigenvalue weighted by atomic mass is 9.97. The molecule has 0 amide bonds. The number of fused-ring (bicyclic) bond motifs is 1. The first-order valence-corrected chi connectivity index (χ1v) is 13.8. The van der Waals surface area contributed by atoms with Gasteiger partial charge in [0.15, 0.2) is 0 Å². The highest BCUT2D eigenvalue weighted by Crippen LogP contribution is 2.25. The Morgan fingerprint density at radius 3 is 2.21 bits per heavy atom. The third kappa shape index (κ3) is 9.73. The van der Waals surface area contributed by atoms with Crippen molar-refractivity contribution >= 4 is 9.04 Å². The van der Waals surface area contributed by atoms with Gasteiger partial charge in [-0.1, -0.05) is 82.6 Å². The molecule has 0 spiro atoms. The minimum absolute atomic E-state index is 0. The number of likely N-dealkylation sites (N-methyl/N-ethyl adjacent to an activating group) is 1. The molecule has 1 aliphatic heterocycles. The number of unbranched alkanes of at least 4 members (excludes halogenated alkanes) is 7. The van der Waals surface area contributed by atoms with Gasteiger partial charge in [-0.15, -0.1) is 0 Å². The van der Waals surface area contributed by atoms with E-state index in [-0.39, 0.29) is 24.0 Å². The maximum absolute atomic E-state index is 6.45. The molecule has 0 aromatic heterocycles. The summed E-state index contributed by atoms with van der Waals surface area (Å²) < 4.78 is 7.60. The first kappa shape index (κ1) is 26.1. The molecule has 2 unspecified atom stereocenters. The van der Waals surface area contributed by atoms with Crippen LogP contribution in [0.5, 0.6) is 0 Å². The predicted octanol–water partition coefficient (Wildman–Crippen LogP) is 3.36. The summed E-state index contributed by atoms with van der Waals surface area (Å²) in [5.74, 6) is 0. The van der Waals surface area contributed by atoms with Crippen molar-refractivity contribution in [2.75, 3.05) is 20.1 Å². The maximum Gasteiger partial charge on any atom is 0.205 e. The van der Waals surface area contributed by atoms with Crippen LogP contribution in [-0.2, 0) is 17.4 Å². The van der Waals surface area contributed by atoms with Gasteiger partial charge in [0.2, 0.25) is 9.04 Å². The Morgan fingerprint density at radius 1 is 0.964 bits per heavy atom. The van der Waals surface area contributed by atoms with Crippen LogP contribution in [0.2, 0.25) is 13.1 Å². The number of quaternary nitrogens is 1. The lowest BCUT2D eigenvalue weighted by Crippen LogP contribution is -3.00. The van der Waals surface area contributed by atoms with Crippen molar-refractivity contribution in [3.8, 4) is 0 Å². The van der Waals surface area contributed by atoms with Crippen molar-refractivity contribution in [3.63, 3.8) is 0 Å². The van der Waals surface area contributed by atoms with E-state index in [0.717, 1.165) is 4.48 Å². The zero-order chi connectivity index (χ0) is 19.5. The Bertz CT molecular complexity index is 539. The molecule has 1 aromatic carbocycles. The molecule has 0 aliphatic carbocycles. The van der Waals surface area contributed by atoms with Crippen LogP contribution in [0.15, 0.2) is 24.3 Å². The molecule has 0 saturated heterocycles. The van der Waals surface area contributed by atoms with Gasteiger partial charge in [0.25, 0.3) is 0 Å².